The Hall–Kier alpha value is -2.97. The Balaban J connectivity index is 1.64. The maximum atomic E-state index is 14.4. The number of cyclic esters (lactones) is 1. The fourth-order valence-corrected chi connectivity index (χ4v) is 6.81. The van der Waals surface area contributed by atoms with Gasteiger partial charge in [-0.15, -0.1) is 0 Å². The lowest BCUT2D eigenvalue weighted by Gasteiger charge is -2.41. The van der Waals surface area contributed by atoms with Crippen molar-refractivity contribution >= 4 is 17.8 Å². The monoisotopic (exact) mass is 508 g/mol. The summed E-state index contributed by atoms with van der Waals surface area (Å²) in [5.41, 5.74) is -1.50. The van der Waals surface area contributed by atoms with Gasteiger partial charge in [0, 0.05) is 12.6 Å². The lowest BCUT2D eigenvalue weighted by Crippen LogP contribution is -2.60. The van der Waals surface area contributed by atoms with Gasteiger partial charge in [0.25, 0.3) is 0 Å². The first-order chi connectivity index (χ1) is 17.8. The van der Waals surface area contributed by atoms with E-state index in [9.17, 15) is 19.5 Å². The number of carbonyl (C=O) groups excluding carboxylic acids is 3. The predicted octanol–water partition coefficient (Wildman–Crippen LogP) is 2.26. The molecule has 0 saturated carbocycles. The molecule has 0 bridgehead atoms. The summed E-state index contributed by atoms with van der Waals surface area (Å²) in [6, 6.07) is 7.88. The van der Waals surface area contributed by atoms with E-state index in [0.29, 0.717) is 13.0 Å². The van der Waals surface area contributed by atoms with Gasteiger partial charge in [0.15, 0.2) is 0 Å². The van der Waals surface area contributed by atoms with Crippen molar-refractivity contribution in [3.8, 4) is 0 Å². The van der Waals surface area contributed by atoms with Crippen LogP contribution in [0.15, 0.2) is 54.6 Å². The number of fused-ring (bicyclic) bond motifs is 2. The predicted molar refractivity (Wildman–Crippen MR) is 136 cm³/mol. The largest absolute Gasteiger partial charge is 0.461 e. The van der Waals surface area contributed by atoms with Gasteiger partial charge in [-0.1, -0.05) is 61.9 Å². The molecule has 0 radical (unpaired) electrons. The highest BCUT2D eigenvalue weighted by atomic mass is 16.6. The van der Waals surface area contributed by atoms with Gasteiger partial charge in [0.1, 0.15) is 24.2 Å². The number of esters is 1. The highest BCUT2D eigenvalue weighted by Gasteiger charge is 2.75. The minimum absolute atomic E-state index is 0.0395. The molecule has 8 nitrogen and oxygen atoms in total. The maximum Gasteiger partial charge on any atom is 0.313 e. The summed E-state index contributed by atoms with van der Waals surface area (Å²) in [5.74, 6) is -2.92. The molecule has 7 atom stereocenters. The van der Waals surface area contributed by atoms with E-state index in [1.807, 2.05) is 49.4 Å². The van der Waals surface area contributed by atoms with Crippen LogP contribution in [-0.2, 0) is 30.3 Å². The van der Waals surface area contributed by atoms with E-state index in [4.69, 9.17) is 9.47 Å². The summed E-state index contributed by atoms with van der Waals surface area (Å²) in [7, 11) is 0. The van der Waals surface area contributed by atoms with Gasteiger partial charge in [0.2, 0.25) is 11.8 Å². The smallest absolute Gasteiger partial charge is 0.313 e. The highest BCUT2D eigenvalue weighted by molar-refractivity contribution is 5.99. The molecule has 4 aliphatic rings. The Morgan fingerprint density at radius 3 is 2.54 bits per heavy atom. The van der Waals surface area contributed by atoms with E-state index < -0.39 is 41.1 Å². The van der Waals surface area contributed by atoms with Crippen LogP contribution in [0.5, 0.6) is 0 Å². The van der Waals surface area contributed by atoms with E-state index in [2.05, 4.69) is 6.92 Å². The van der Waals surface area contributed by atoms with Crippen LogP contribution in [0, 0.1) is 11.8 Å². The van der Waals surface area contributed by atoms with Crippen LogP contribution in [0.3, 0.4) is 0 Å². The molecule has 37 heavy (non-hydrogen) atoms. The van der Waals surface area contributed by atoms with Gasteiger partial charge in [-0.25, -0.2) is 0 Å². The van der Waals surface area contributed by atoms with Crippen molar-refractivity contribution in [3.63, 3.8) is 0 Å². The third kappa shape index (κ3) is 4.01. The molecule has 2 fully saturated rings. The van der Waals surface area contributed by atoms with Gasteiger partial charge in [-0.3, -0.25) is 14.4 Å². The number of hydrogen-bond donors (Lipinski definition) is 1. The Morgan fingerprint density at radius 1 is 1.08 bits per heavy atom. The van der Waals surface area contributed by atoms with Crippen molar-refractivity contribution in [2.75, 3.05) is 19.8 Å². The number of hydrogen-bond acceptors (Lipinski definition) is 6. The first-order valence-corrected chi connectivity index (χ1v) is 13.3. The van der Waals surface area contributed by atoms with Crippen molar-refractivity contribution in [1.82, 2.24) is 9.80 Å². The van der Waals surface area contributed by atoms with Gasteiger partial charge >= 0.3 is 5.97 Å². The molecule has 4 heterocycles. The minimum atomic E-state index is -1.35. The van der Waals surface area contributed by atoms with Crippen molar-refractivity contribution in [2.45, 2.75) is 69.4 Å². The van der Waals surface area contributed by atoms with E-state index in [-0.39, 0.29) is 31.1 Å². The van der Waals surface area contributed by atoms with Crippen molar-refractivity contribution in [3.05, 3.63) is 60.2 Å². The van der Waals surface area contributed by atoms with Gasteiger partial charge in [0.05, 0.1) is 24.2 Å². The topological polar surface area (TPSA) is 96.4 Å². The second-order valence-electron chi connectivity index (χ2n) is 10.8. The van der Waals surface area contributed by atoms with Crippen LogP contribution in [0.4, 0.5) is 0 Å². The normalized spacial score (nSPS) is 34.4. The Kier molecular flexibility index (Phi) is 6.75. The van der Waals surface area contributed by atoms with Gasteiger partial charge in [-0.2, -0.15) is 0 Å². The molecule has 198 valence electrons. The van der Waals surface area contributed by atoms with Crippen LogP contribution >= 0.6 is 0 Å². The maximum absolute atomic E-state index is 14.4. The van der Waals surface area contributed by atoms with Gasteiger partial charge in [-0.05, 0) is 38.3 Å². The Labute approximate surface area is 217 Å². The summed E-state index contributed by atoms with van der Waals surface area (Å²) >= 11 is 0. The van der Waals surface area contributed by atoms with E-state index in [1.165, 1.54) is 4.90 Å². The second kappa shape index (κ2) is 9.72. The molecule has 1 spiro atoms. The molecule has 5 rings (SSSR count). The van der Waals surface area contributed by atoms with Crippen molar-refractivity contribution in [2.24, 2.45) is 11.8 Å². The molecule has 4 aliphatic heterocycles. The number of amides is 2. The highest BCUT2D eigenvalue weighted by Crippen LogP contribution is 2.57. The summed E-state index contributed by atoms with van der Waals surface area (Å²) in [5, 5.41) is 10.5. The summed E-state index contributed by atoms with van der Waals surface area (Å²) in [6.45, 7) is 6.05. The molecule has 0 aliphatic carbocycles. The molecule has 1 N–H and O–H groups in total. The van der Waals surface area contributed by atoms with Gasteiger partial charge < -0.3 is 24.4 Å². The van der Waals surface area contributed by atoms with E-state index >= 15 is 0 Å². The number of aliphatic hydroxyl groups is 1. The number of benzene rings is 1. The van der Waals surface area contributed by atoms with Crippen molar-refractivity contribution < 1.29 is 29.0 Å². The molecule has 2 amide bonds. The molecular formula is C29H36N2O6. The van der Waals surface area contributed by atoms with Crippen LogP contribution in [0.2, 0.25) is 0 Å². The minimum Gasteiger partial charge on any atom is -0.461 e. The third-order valence-corrected chi connectivity index (χ3v) is 8.44. The lowest BCUT2D eigenvalue weighted by molar-refractivity contribution is -0.160. The SMILES string of the molecule is CCCC(C)N1CC=C[C@]23O[C@@]4(C)C=CCOC(=O)[C@H]4[C@H]2C(=O)N([C@@H](CO)Cc2ccccc2)C3C1=O. The number of likely N-dealkylation sites (tertiary alicyclic amines) is 1. The molecule has 0 aromatic heterocycles. The number of nitrogens with zero attached hydrogens (tertiary/aromatic N) is 2. The fraction of sp³-hybridized carbons (Fsp3) is 0.552. The van der Waals surface area contributed by atoms with Crippen LogP contribution < -0.4 is 0 Å². The Bertz CT molecular complexity index is 1120. The second-order valence-corrected chi connectivity index (χ2v) is 10.8. The molecule has 1 aromatic carbocycles. The van der Waals surface area contributed by atoms with E-state index in [1.54, 1.807) is 24.0 Å². The van der Waals surface area contributed by atoms with Crippen molar-refractivity contribution in [1.29, 1.82) is 0 Å². The molecular weight excluding hydrogens is 472 g/mol. The van der Waals surface area contributed by atoms with Crippen LogP contribution in [-0.4, -0.2) is 81.8 Å². The quantitative estimate of drug-likeness (QED) is 0.448. The lowest BCUT2D eigenvalue weighted by atomic mass is 9.74. The average molecular weight is 509 g/mol. The Morgan fingerprint density at radius 2 is 1.84 bits per heavy atom. The summed E-state index contributed by atoms with van der Waals surface area (Å²) in [4.78, 5) is 45.3. The standard InChI is InChI=1S/C29H36N2O6/c1-4-10-19(2)30-15-8-14-29-22(23-27(35)36-16-9-13-28(23,3)37-29)25(33)31(24(29)26(30)34)21(18-32)17-20-11-6-5-7-12-20/h5-9,11-14,19,21-24,32H,4,10,15-18H2,1-3H3/t19?,21-,22+,23-,24?,28+,29+/m1/s1. The van der Waals surface area contributed by atoms with Crippen LogP contribution in [0.1, 0.15) is 39.2 Å². The zero-order chi connectivity index (χ0) is 26.4. The summed E-state index contributed by atoms with van der Waals surface area (Å²) in [6.07, 6.45) is 9.35. The number of carbonyl (C=O) groups is 3. The van der Waals surface area contributed by atoms with E-state index in [0.717, 1.165) is 18.4 Å². The fourth-order valence-electron chi connectivity index (χ4n) is 6.81. The molecule has 1 aromatic rings. The third-order valence-electron chi connectivity index (χ3n) is 8.44. The molecule has 8 heteroatoms. The van der Waals surface area contributed by atoms with Crippen LogP contribution in [0.25, 0.3) is 0 Å². The molecule has 2 saturated heterocycles. The average Bonchev–Trinajstić information content (AvgIpc) is 3.14. The zero-order valence-electron chi connectivity index (χ0n) is 21.7. The zero-order valence-corrected chi connectivity index (χ0v) is 21.7. The summed E-state index contributed by atoms with van der Waals surface area (Å²) < 4.78 is 12.2. The number of rotatable bonds is 7. The first kappa shape index (κ1) is 25.7. The molecule has 2 unspecified atom stereocenters. The number of aliphatic hydroxyl groups excluding tert-OH is 1. The number of ether oxygens (including phenoxy) is 2. The first-order valence-electron chi connectivity index (χ1n) is 13.3.